The minimum Gasteiger partial charge on any atom is -0.497 e. The fourth-order valence-corrected chi connectivity index (χ4v) is 3.82. The van der Waals surface area contributed by atoms with Crippen molar-refractivity contribution in [3.05, 3.63) is 18.2 Å². The Kier molecular flexibility index (Phi) is 5.48. The number of hydrogen-bond donors (Lipinski definition) is 0. The van der Waals surface area contributed by atoms with E-state index in [1.54, 1.807) is 14.2 Å². The van der Waals surface area contributed by atoms with E-state index in [0.29, 0.717) is 5.91 Å². The van der Waals surface area contributed by atoms with Gasteiger partial charge >= 0.3 is 0 Å². The smallest absolute Gasteiger partial charge is 0.225 e. The molecule has 0 aromatic heterocycles. The van der Waals surface area contributed by atoms with Crippen LogP contribution in [0.3, 0.4) is 0 Å². The summed E-state index contributed by atoms with van der Waals surface area (Å²) in [5.74, 6) is 2.25. The number of carbonyl (C=O) groups excluding carboxylic acids is 1. The van der Waals surface area contributed by atoms with E-state index in [2.05, 4.69) is 9.80 Å². The molecule has 3 rings (SSSR count). The largest absolute Gasteiger partial charge is 0.497 e. The van der Waals surface area contributed by atoms with Gasteiger partial charge in [0.2, 0.25) is 5.91 Å². The van der Waals surface area contributed by atoms with Crippen LogP contribution in [0.5, 0.6) is 11.5 Å². The fourth-order valence-electron chi connectivity index (χ4n) is 3.82. The van der Waals surface area contributed by atoms with Gasteiger partial charge in [-0.15, -0.1) is 0 Å². The van der Waals surface area contributed by atoms with Crippen LogP contribution < -0.4 is 14.4 Å². The molecule has 5 heteroatoms. The van der Waals surface area contributed by atoms with E-state index in [9.17, 15) is 4.79 Å². The molecule has 1 aliphatic carbocycles. The highest BCUT2D eigenvalue weighted by atomic mass is 16.5. The van der Waals surface area contributed by atoms with Crippen LogP contribution in [-0.2, 0) is 4.79 Å². The zero-order chi connectivity index (χ0) is 16.9. The number of hydrogen-bond acceptors (Lipinski definition) is 4. The maximum absolute atomic E-state index is 12.7. The lowest BCUT2D eigenvalue weighted by Gasteiger charge is -2.38. The lowest BCUT2D eigenvalue weighted by atomic mass is 9.88. The third kappa shape index (κ3) is 3.60. The second kappa shape index (κ2) is 7.77. The average Bonchev–Trinajstić information content (AvgIpc) is 2.67. The summed E-state index contributed by atoms with van der Waals surface area (Å²) < 4.78 is 10.8. The van der Waals surface area contributed by atoms with Crippen LogP contribution >= 0.6 is 0 Å². The first-order valence-electron chi connectivity index (χ1n) is 8.98. The van der Waals surface area contributed by atoms with Gasteiger partial charge in [-0.05, 0) is 25.0 Å². The Morgan fingerprint density at radius 3 is 2.33 bits per heavy atom. The molecule has 0 bridgehead atoms. The first kappa shape index (κ1) is 16.9. The summed E-state index contributed by atoms with van der Waals surface area (Å²) in [6, 6.07) is 5.91. The van der Waals surface area contributed by atoms with Crippen molar-refractivity contribution in [1.82, 2.24) is 4.90 Å². The highest BCUT2D eigenvalue weighted by molar-refractivity contribution is 5.79. The van der Waals surface area contributed by atoms with Gasteiger partial charge in [-0.1, -0.05) is 19.3 Å². The van der Waals surface area contributed by atoms with Crippen LogP contribution in [0, 0.1) is 5.92 Å². The van der Waals surface area contributed by atoms with Gasteiger partial charge < -0.3 is 19.3 Å². The molecular formula is C19H28N2O3. The molecule has 1 aromatic rings. The second-order valence-corrected chi connectivity index (χ2v) is 6.69. The molecule has 2 fully saturated rings. The summed E-state index contributed by atoms with van der Waals surface area (Å²) in [4.78, 5) is 17.0. The van der Waals surface area contributed by atoms with Gasteiger partial charge in [0.05, 0.1) is 19.9 Å². The summed E-state index contributed by atoms with van der Waals surface area (Å²) in [7, 11) is 3.34. The summed E-state index contributed by atoms with van der Waals surface area (Å²) in [5.41, 5.74) is 1.07. The van der Waals surface area contributed by atoms with Crippen LogP contribution in [0.1, 0.15) is 32.1 Å². The summed E-state index contributed by atoms with van der Waals surface area (Å²) in [6.45, 7) is 3.29. The fraction of sp³-hybridized carbons (Fsp3) is 0.632. The first-order valence-corrected chi connectivity index (χ1v) is 8.98. The number of benzene rings is 1. The number of methoxy groups -OCH3 is 2. The molecule has 1 amide bonds. The zero-order valence-corrected chi connectivity index (χ0v) is 14.8. The average molecular weight is 332 g/mol. The number of anilines is 1. The lowest BCUT2D eigenvalue weighted by Crippen LogP contribution is -2.50. The maximum atomic E-state index is 12.7. The van der Waals surface area contributed by atoms with Crippen LogP contribution in [0.25, 0.3) is 0 Å². The number of ether oxygens (including phenoxy) is 2. The molecule has 1 heterocycles. The van der Waals surface area contributed by atoms with Crippen molar-refractivity contribution in [2.45, 2.75) is 32.1 Å². The van der Waals surface area contributed by atoms with E-state index in [1.807, 2.05) is 18.2 Å². The van der Waals surface area contributed by atoms with Crippen molar-refractivity contribution >= 4 is 11.6 Å². The highest BCUT2D eigenvalue weighted by Gasteiger charge is 2.29. The third-order valence-electron chi connectivity index (χ3n) is 5.27. The van der Waals surface area contributed by atoms with Crippen molar-refractivity contribution in [3.63, 3.8) is 0 Å². The molecule has 2 aliphatic rings. The monoisotopic (exact) mass is 332 g/mol. The topological polar surface area (TPSA) is 42.0 Å². The number of piperazine rings is 1. The van der Waals surface area contributed by atoms with E-state index in [0.717, 1.165) is 56.2 Å². The molecule has 0 unspecified atom stereocenters. The lowest BCUT2D eigenvalue weighted by molar-refractivity contribution is -0.136. The molecule has 0 radical (unpaired) electrons. The van der Waals surface area contributed by atoms with Crippen molar-refractivity contribution in [1.29, 1.82) is 0 Å². The van der Waals surface area contributed by atoms with E-state index in [4.69, 9.17) is 9.47 Å². The Bertz CT molecular complexity index is 562. The molecule has 1 saturated heterocycles. The third-order valence-corrected chi connectivity index (χ3v) is 5.27. The predicted octanol–water partition coefficient (Wildman–Crippen LogP) is 2.93. The number of amides is 1. The van der Waals surface area contributed by atoms with Crippen LogP contribution in [0.2, 0.25) is 0 Å². The molecule has 1 aromatic carbocycles. The molecule has 132 valence electrons. The van der Waals surface area contributed by atoms with E-state index in [1.165, 1.54) is 19.3 Å². The summed E-state index contributed by atoms with van der Waals surface area (Å²) in [6.07, 6.45) is 5.85. The molecule has 5 nitrogen and oxygen atoms in total. The standard InChI is InChI=1S/C19H28N2O3/c1-23-16-8-9-17(18(14-16)24-2)20-10-12-21(13-11-20)19(22)15-6-4-3-5-7-15/h8-9,14-15H,3-7,10-13H2,1-2H3. The molecule has 1 aliphatic heterocycles. The number of carbonyl (C=O) groups is 1. The quantitative estimate of drug-likeness (QED) is 0.850. The highest BCUT2D eigenvalue weighted by Crippen LogP contribution is 2.33. The molecule has 0 atom stereocenters. The first-order chi connectivity index (χ1) is 11.7. The van der Waals surface area contributed by atoms with Gasteiger partial charge in [-0.25, -0.2) is 0 Å². The van der Waals surface area contributed by atoms with Gasteiger partial charge in [0.25, 0.3) is 0 Å². The van der Waals surface area contributed by atoms with E-state index < -0.39 is 0 Å². The maximum Gasteiger partial charge on any atom is 0.225 e. The SMILES string of the molecule is COc1ccc(N2CCN(C(=O)C3CCCCC3)CC2)c(OC)c1. The summed E-state index contributed by atoms with van der Waals surface area (Å²) >= 11 is 0. The van der Waals surface area contributed by atoms with Crippen molar-refractivity contribution in [2.24, 2.45) is 5.92 Å². The van der Waals surface area contributed by atoms with Gasteiger partial charge in [-0.3, -0.25) is 4.79 Å². The molecule has 1 saturated carbocycles. The second-order valence-electron chi connectivity index (χ2n) is 6.69. The minimum atomic E-state index is 0.265. The molecule has 24 heavy (non-hydrogen) atoms. The summed E-state index contributed by atoms with van der Waals surface area (Å²) in [5, 5.41) is 0. The molecular weight excluding hydrogens is 304 g/mol. The van der Waals surface area contributed by atoms with Gasteiger partial charge in [0, 0.05) is 38.2 Å². The van der Waals surface area contributed by atoms with Crippen LogP contribution in [-0.4, -0.2) is 51.2 Å². The molecule has 0 N–H and O–H groups in total. The Labute approximate surface area is 144 Å². The van der Waals surface area contributed by atoms with Gasteiger partial charge in [0.15, 0.2) is 0 Å². The Morgan fingerprint density at radius 2 is 1.71 bits per heavy atom. The van der Waals surface area contributed by atoms with Crippen LogP contribution in [0.4, 0.5) is 5.69 Å². The van der Waals surface area contributed by atoms with Gasteiger partial charge in [-0.2, -0.15) is 0 Å². The van der Waals surface area contributed by atoms with E-state index in [-0.39, 0.29) is 5.92 Å². The minimum absolute atomic E-state index is 0.265. The molecule has 0 spiro atoms. The predicted molar refractivity (Wildman–Crippen MR) is 94.9 cm³/mol. The Balaban J connectivity index is 1.61. The van der Waals surface area contributed by atoms with Crippen molar-refractivity contribution < 1.29 is 14.3 Å². The van der Waals surface area contributed by atoms with Crippen molar-refractivity contribution in [3.8, 4) is 11.5 Å². The zero-order valence-electron chi connectivity index (χ0n) is 14.8. The number of nitrogens with zero attached hydrogens (tertiary/aromatic N) is 2. The normalized spacial score (nSPS) is 19.2. The van der Waals surface area contributed by atoms with Gasteiger partial charge in [0.1, 0.15) is 11.5 Å². The van der Waals surface area contributed by atoms with Crippen molar-refractivity contribution in [2.75, 3.05) is 45.3 Å². The van der Waals surface area contributed by atoms with E-state index >= 15 is 0 Å². The number of rotatable bonds is 4. The van der Waals surface area contributed by atoms with Crippen LogP contribution in [0.15, 0.2) is 18.2 Å². The Morgan fingerprint density at radius 1 is 1.00 bits per heavy atom. The Hall–Kier alpha value is -1.91.